The van der Waals surface area contributed by atoms with Gasteiger partial charge in [-0.1, -0.05) is 18.2 Å². The van der Waals surface area contributed by atoms with E-state index in [1.165, 1.54) is 24.0 Å². The lowest BCUT2D eigenvalue weighted by Crippen LogP contribution is -2.53. The molecule has 1 heterocycles. The van der Waals surface area contributed by atoms with E-state index >= 15 is 0 Å². The van der Waals surface area contributed by atoms with Crippen LogP contribution in [0, 0.1) is 5.92 Å². The molecule has 1 saturated heterocycles. The summed E-state index contributed by atoms with van der Waals surface area (Å²) in [4.78, 5) is 24.4. The highest BCUT2D eigenvalue weighted by atomic mass is 16.4. The molecular formula is C16H19NO3. The zero-order chi connectivity index (χ0) is 14.1. The lowest BCUT2D eigenvalue weighted by molar-refractivity contribution is -0.152. The minimum atomic E-state index is -0.803. The van der Waals surface area contributed by atoms with Gasteiger partial charge >= 0.3 is 5.97 Å². The van der Waals surface area contributed by atoms with Crippen LogP contribution in [0.2, 0.25) is 0 Å². The number of likely N-dealkylation sites (tertiary alicyclic amines) is 1. The van der Waals surface area contributed by atoms with Crippen LogP contribution in [-0.2, 0) is 28.9 Å². The van der Waals surface area contributed by atoms with Gasteiger partial charge in [0.2, 0.25) is 5.91 Å². The van der Waals surface area contributed by atoms with Gasteiger partial charge < -0.3 is 10.0 Å². The largest absolute Gasteiger partial charge is 0.481 e. The molecule has 0 saturated carbocycles. The molecule has 2 aliphatic rings. The first-order valence-electron chi connectivity index (χ1n) is 7.25. The van der Waals surface area contributed by atoms with Gasteiger partial charge in [0.25, 0.3) is 0 Å². The lowest BCUT2D eigenvalue weighted by atomic mass is 9.89. The summed E-state index contributed by atoms with van der Waals surface area (Å²) in [6, 6.07) is 6.34. The van der Waals surface area contributed by atoms with Crippen LogP contribution in [0.15, 0.2) is 18.2 Å². The van der Waals surface area contributed by atoms with Gasteiger partial charge in [-0.3, -0.25) is 9.59 Å². The molecule has 1 aromatic carbocycles. The summed E-state index contributed by atoms with van der Waals surface area (Å²) < 4.78 is 0. The van der Waals surface area contributed by atoms with E-state index < -0.39 is 5.97 Å². The van der Waals surface area contributed by atoms with E-state index in [1.807, 2.05) is 6.07 Å². The summed E-state index contributed by atoms with van der Waals surface area (Å²) in [5, 5.41) is 8.82. The van der Waals surface area contributed by atoms with Gasteiger partial charge in [-0.05, 0) is 42.4 Å². The number of aryl methyl sites for hydroxylation is 2. The Kier molecular flexibility index (Phi) is 3.47. The van der Waals surface area contributed by atoms with Crippen LogP contribution in [0.25, 0.3) is 0 Å². The van der Waals surface area contributed by atoms with E-state index in [4.69, 9.17) is 5.11 Å². The minimum absolute atomic E-state index is 0.0401. The summed E-state index contributed by atoms with van der Waals surface area (Å²) >= 11 is 0. The number of rotatable bonds is 3. The first-order chi connectivity index (χ1) is 9.63. The number of aliphatic carboxylic acids is 1. The molecule has 4 heteroatoms. The summed E-state index contributed by atoms with van der Waals surface area (Å²) in [6.07, 6.45) is 5.14. The van der Waals surface area contributed by atoms with Crippen LogP contribution in [0.3, 0.4) is 0 Å². The number of benzene rings is 1. The molecule has 0 radical (unpaired) electrons. The van der Waals surface area contributed by atoms with Gasteiger partial charge in [-0.25, -0.2) is 0 Å². The van der Waals surface area contributed by atoms with Crippen molar-refractivity contribution in [1.29, 1.82) is 0 Å². The highest BCUT2D eigenvalue weighted by Crippen LogP contribution is 2.23. The number of hydrogen-bond donors (Lipinski definition) is 1. The second-order valence-electron chi connectivity index (χ2n) is 5.82. The summed E-state index contributed by atoms with van der Waals surface area (Å²) in [5.74, 6) is -1.14. The Morgan fingerprint density at radius 3 is 2.55 bits per heavy atom. The molecule has 1 amide bonds. The van der Waals surface area contributed by atoms with Crippen molar-refractivity contribution in [3.63, 3.8) is 0 Å². The highest BCUT2D eigenvalue weighted by molar-refractivity contribution is 5.82. The third-order valence-corrected chi connectivity index (χ3v) is 4.35. The molecule has 1 fully saturated rings. The molecule has 0 aromatic heterocycles. The quantitative estimate of drug-likeness (QED) is 0.911. The predicted octanol–water partition coefficient (Wildman–Crippen LogP) is 1.65. The van der Waals surface area contributed by atoms with E-state index in [0.29, 0.717) is 19.5 Å². The molecule has 1 aliphatic heterocycles. The Labute approximate surface area is 118 Å². The third kappa shape index (κ3) is 2.55. The van der Waals surface area contributed by atoms with Gasteiger partial charge in [0.05, 0.1) is 12.3 Å². The molecule has 0 atom stereocenters. The van der Waals surface area contributed by atoms with Crippen molar-refractivity contribution in [2.45, 2.75) is 32.1 Å². The standard InChI is InChI=1S/C16H19NO3/c18-15(17-9-14(10-17)16(19)20)8-11-5-6-12-3-1-2-4-13(12)7-11/h5-7,14H,1-4,8-10H2,(H,19,20). The molecule has 1 aliphatic carbocycles. The van der Waals surface area contributed by atoms with Crippen molar-refractivity contribution in [1.82, 2.24) is 4.90 Å². The van der Waals surface area contributed by atoms with Gasteiger partial charge in [-0.2, -0.15) is 0 Å². The maximum absolute atomic E-state index is 12.1. The maximum atomic E-state index is 12.1. The molecule has 3 rings (SSSR count). The van der Waals surface area contributed by atoms with Gasteiger partial charge in [0.1, 0.15) is 0 Å². The number of carboxylic acid groups (broad SMARTS) is 1. The Morgan fingerprint density at radius 2 is 1.85 bits per heavy atom. The van der Waals surface area contributed by atoms with E-state index in [0.717, 1.165) is 18.4 Å². The molecule has 20 heavy (non-hydrogen) atoms. The number of carbonyl (C=O) groups excluding carboxylic acids is 1. The SMILES string of the molecule is O=C(O)C1CN(C(=O)Cc2ccc3c(c2)CCCC3)C1. The average Bonchev–Trinajstić information content (AvgIpc) is 2.36. The van der Waals surface area contributed by atoms with Crippen LogP contribution in [0.1, 0.15) is 29.5 Å². The van der Waals surface area contributed by atoms with Crippen molar-refractivity contribution in [3.05, 3.63) is 34.9 Å². The van der Waals surface area contributed by atoms with E-state index in [2.05, 4.69) is 12.1 Å². The third-order valence-electron chi connectivity index (χ3n) is 4.35. The minimum Gasteiger partial charge on any atom is -0.481 e. The second kappa shape index (κ2) is 5.27. The smallest absolute Gasteiger partial charge is 0.310 e. The predicted molar refractivity (Wildman–Crippen MR) is 74.5 cm³/mol. The second-order valence-corrected chi connectivity index (χ2v) is 5.82. The monoisotopic (exact) mass is 273 g/mol. The Balaban J connectivity index is 1.61. The molecule has 106 valence electrons. The molecule has 1 N–H and O–H groups in total. The lowest BCUT2D eigenvalue weighted by Gasteiger charge is -2.36. The van der Waals surface area contributed by atoms with E-state index in [1.54, 1.807) is 4.90 Å². The van der Waals surface area contributed by atoms with Crippen molar-refractivity contribution in [2.24, 2.45) is 5.92 Å². The summed E-state index contributed by atoms with van der Waals surface area (Å²) in [6.45, 7) is 0.720. The first-order valence-corrected chi connectivity index (χ1v) is 7.25. The first kappa shape index (κ1) is 13.2. The number of carboxylic acids is 1. The fourth-order valence-electron chi connectivity index (χ4n) is 3.02. The van der Waals surface area contributed by atoms with Crippen LogP contribution < -0.4 is 0 Å². The van der Waals surface area contributed by atoms with Gasteiger partial charge in [0.15, 0.2) is 0 Å². The van der Waals surface area contributed by atoms with Crippen molar-refractivity contribution in [2.75, 3.05) is 13.1 Å². The molecule has 0 spiro atoms. The summed E-state index contributed by atoms with van der Waals surface area (Å²) in [5.41, 5.74) is 3.85. The number of carbonyl (C=O) groups is 2. The van der Waals surface area contributed by atoms with Crippen LogP contribution in [0.5, 0.6) is 0 Å². The van der Waals surface area contributed by atoms with Crippen molar-refractivity contribution in [3.8, 4) is 0 Å². The molecule has 4 nitrogen and oxygen atoms in total. The number of nitrogens with zero attached hydrogens (tertiary/aromatic N) is 1. The normalized spacial score (nSPS) is 18.3. The zero-order valence-electron chi connectivity index (χ0n) is 11.5. The van der Waals surface area contributed by atoms with Crippen molar-refractivity contribution < 1.29 is 14.7 Å². The average molecular weight is 273 g/mol. The molecule has 1 aromatic rings. The topological polar surface area (TPSA) is 57.6 Å². The molecule has 0 bridgehead atoms. The van der Waals surface area contributed by atoms with E-state index in [9.17, 15) is 9.59 Å². The van der Waals surface area contributed by atoms with Gasteiger partial charge in [-0.15, -0.1) is 0 Å². The van der Waals surface area contributed by atoms with Gasteiger partial charge in [0, 0.05) is 13.1 Å². The van der Waals surface area contributed by atoms with Crippen LogP contribution in [0.4, 0.5) is 0 Å². The fraction of sp³-hybridized carbons (Fsp3) is 0.500. The number of hydrogen-bond acceptors (Lipinski definition) is 2. The number of fused-ring (bicyclic) bond motifs is 1. The molecule has 0 unspecified atom stereocenters. The Morgan fingerprint density at radius 1 is 1.15 bits per heavy atom. The highest BCUT2D eigenvalue weighted by Gasteiger charge is 2.35. The zero-order valence-corrected chi connectivity index (χ0v) is 11.5. The Hall–Kier alpha value is -1.84. The van der Waals surface area contributed by atoms with Crippen LogP contribution in [-0.4, -0.2) is 35.0 Å². The Bertz CT molecular complexity index is 547. The summed E-state index contributed by atoms with van der Waals surface area (Å²) in [7, 11) is 0. The molecular weight excluding hydrogens is 254 g/mol. The van der Waals surface area contributed by atoms with E-state index in [-0.39, 0.29) is 11.8 Å². The number of amides is 1. The van der Waals surface area contributed by atoms with Crippen LogP contribution >= 0.6 is 0 Å². The van der Waals surface area contributed by atoms with Crippen molar-refractivity contribution >= 4 is 11.9 Å². The fourth-order valence-corrected chi connectivity index (χ4v) is 3.02. The maximum Gasteiger partial charge on any atom is 0.310 e.